The van der Waals surface area contributed by atoms with E-state index in [0.29, 0.717) is 12.5 Å². The lowest BCUT2D eigenvalue weighted by molar-refractivity contribution is 0.0949. The van der Waals surface area contributed by atoms with Crippen molar-refractivity contribution >= 4 is 27.5 Å². The van der Waals surface area contributed by atoms with E-state index >= 15 is 0 Å². The van der Waals surface area contributed by atoms with E-state index in [4.69, 9.17) is 11.6 Å². The zero-order valence-corrected chi connectivity index (χ0v) is 15.1. The lowest BCUT2D eigenvalue weighted by atomic mass is 10.1. The molecule has 0 atom stereocenters. The molecule has 0 aromatic heterocycles. The molecule has 1 amide bonds. The van der Waals surface area contributed by atoms with Crippen molar-refractivity contribution in [3.63, 3.8) is 0 Å². The molecule has 1 aromatic carbocycles. The van der Waals surface area contributed by atoms with Crippen molar-refractivity contribution in [1.29, 1.82) is 0 Å². The first kappa shape index (κ1) is 18.9. The molecule has 0 bridgehead atoms. The summed E-state index contributed by atoms with van der Waals surface area (Å²) in [6, 6.07) is 4.23. The summed E-state index contributed by atoms with van der Waals surface area (Å²) >= 11 is 5.99. The molecule has 22 heavy (non-hydrogen) atoms. The number of rotatable bonds is 5. The molecule has 2 N–H and O–H groups in total. The zero-order valence-electron chi connectivity index (χ0n) is 13.5. The van der Waals surface area contributed by atoms with Gasteiger partial charge in [0.1, 0.15) is 4.90 Å². The van der Waals surface area contributed by atoms with Crippen molar-refractivity contribution in [2.75, 3.05) is 6.54 Å². The minimum Gasteiger partial charge on any atom is -0.352 e. The summed E-state index contributed by atoms with van der Waals surface area (Å²) in [6.45, 7) is 9.67. The molecular formula is C15H23ClN2O3S. The van der Waals surface area contributed by atoms with E-state index in [9.17, 15) is 13.2 Å². The number of sulfonamides is 1. The number of amides is 1. The summed E-state index contributed by atoms with van der Waals surface area (Å²) in [6.07, 6.45) is 0. The van der Waals surface area contributed by atoms with Crippen LogP contribution in [0.5, 0.6) is 0 Å². The Balaban J connectivity index is 3.12. The van der Waals surface area contributed by atoms with E-state index in [0.717, 1.165) is 0 Å². The van der Waals surface area contributed by atoms with Crippen molar-refractivity contribution in [3.8, 4) is 0 Å². The third kappa shape index (κ3) is 5.59. The fourth-order valence-corrected chi connectivity index (χ4v) is 3.65. The summed E-state index contributed by atoms with van der Waals surface area (Å²) in [5.41, 5.74) is -0.378. The summed E-state index contributed by atoms with van der Waals surface area (Å²) < 4.78 is 27.3. The van der Waals surface area contributed by atoms with Gasteiger partial charge in [0.05, 0.1) is 5.02 Å². The van der Waals surface area contributed by atoms with E-state index in [2.05, 4.69) is 10.0 Å². The van der Waals surface area contributed by atoms with Crippen molar-refractivity contribution in [3.05, 3.63) is 28.8 Å². The van der Waals surface area contributed by atoms with E-state index in [1.54, 1.807) is 20.8 Å². The first-order valence-electron chi connectivity index (χ1n) is 7.04. The average Bonchev–Trinajstić information content (AvgIpc) is 2.33. The monoisotopic (exact) mass is 346 g/mol. The van der Waals surface area contributed by atoms with Crippen LogP contribution < -0.4 is 10.0 Å². The van der Waals surface area contributed by atoms with Crippen LogP contribution in [0.3, 0.4) is 0 Å². The Morgan fingerprint density at radius 1 is 1.27 bits per heavy atom. The number of carbonyl (C=O) groups excluding carboxylic acids is 1. The van der Waals surface area contributed by atoms with Gasteiger partial charge in [-0.1, -0.05) is 25.4 Å². The Morgan fingerprint density at radius 3 is 2.36 bits per heavy atom. The van der Waals surface area contributed by atoms with Crippen molar-refractivity contribution < 1.29 is 13.2 Å². The van der Waals surface area contributed by atoms with Gasteiger partial charge in [-0.2, -0.15) is 0 Å². The molecule has 0 radical (unpaired) electrons. The molecule has 0 aliphatic carbocycles. The zero-order chi connectivity index (χ0) is 17.1. The van der Waals surface area contributed by atoms with E-state index < -0.39 is 15.6 Å². The summed E-state index contributed by atoms with van der Waals surface area (Å²) in [5.74, 6) is -0.0143. The molecule has 124 valence electrons. The number of nitrogens with one attached hydrogen (secondary N) is 2. The Hall–Kier alpha value is -1.11. The molecule has 0 heterocycles. The minimum absolute atomic E-state index is 0.0807. The highest BCUT2D eigenvalue weighted by molar-refractivity contribution is 7.89. The molecule has 0 saturated carbocycles. The van der Waals surface area contributed by atoms with Gasteiger partial charge in [0, 0.05) is 17.6 Å². The standard InChI is InChI=1S/C15H23ClN2O3S/c1-10(2)9-17-14(19)11-6-7-12(16)13(8-11)22(20,21)18-15(3,4)5/h6-8,10,18H,9H2,1-5H3,(H,17,19). The first-order valence-corrected chi connectivity index (χ1v) is 8.90. The van der Waals surface area contributed by atoms with Gasteiger partial charge in [0.15, 0.2) is 0 Å². The highest BCUT2D eigenvalue weighted by Crippen LogP contribution is 2.24. The highest BCUT2D eigenvalue weighted by Gasteiger charge is 2.25. The molecule has 1 rings (SSSR count). The van der Waals surface area contributed by atoms with Crippen LogP contribution in [0.4, 0.5) is 0 Å². The molecule has 0 fully saturated rings. The summed E-state index contributed by atoms with van der Waals surface area (Å²) in [7, 11) is -3.80. The van der Waals surface area contributed by atoms with Crippen LogP contribution in [0, 0.1) is 5.92 Å². The van der Waals surface area contributed by atoms with Gasteiger partial charge in [0.25, 0.3) is 5.91 Å². The van der Waals surface area contributed by atoms with Crippen LogP contribution in [0.1, 0.15) is 45.0 Å². The third-order valence-corrected chi connectivity index (χ3v) is 4.83. The van der Waals surface area contributed by atoms with Gasteiger partial charge >= 0.3 is 0 Å². The number of benzene rings is 1. The fraction of sp³-hybridized carbons (Fsp3) is 0.533. The largest absolute Gasteiger partial charge is 0.352 e. The molecule has 0 aliphatic heterocycles. The lowest BCUT2D eigenvalue weighted by Gasteiger charge is -2.21. The second-order valence-corrected chi connectivity index (χ2v) is 8.66. The quantitative estimate of drug-likeness (QED) is 0.860. The summed E-state index contributed by atoms with van der Waals surface area (Å²) in [5, 5.41) is 2.83. The summed E-state index contributed by atoms with van der Waals surface area (Å²) in [4.78, 5) is 12.0. The Labute approximate surface area is 137 Å². The van der Waals surface area contributed by atoms with Crippen molar-refractivity contribution in [2.45, 2.75) is 45.1 Å². The van der Waals surface area contributed by atoms with E-state index in [1.807, 2.05) is 13.8 Å². The van der Waals surface area contributed by atoms with E-state index in [1.165, 1.54) is 18.2 Å². The van der Waals surface area contributed by atoms with E-state index in [-0.39, 0.29) is 21.4 Å². The Bertz CT molecular complexity index is 649. The van der Waals surface area contributed by atoms with Crippen molar-refractivity contribution in [1.82, 2.24) is 10.0 Å². The molecule has 5 nitrogen and oxygen atoms in total. The maximum atomic E-state index is 12.4. The van der Waals surface area contributed by atoms with Gasteiger partial charge < -0.3 is 5.32 Å². The SMILES string of the molecule is CC(C)CNC(=O)c1ccc(Cl)c(S(=O)(=O)NC(C)(C)C)c1. The number of halogens is 1. The smallest absolute Gasteiger partial charge is 0.251 e. The molecule has 0 unspecified atom stereocenters. The van der Waals surface area contributed by atoms with Crippen LogP contribution >= 0.6 is 11.6 Å². The number of carbonyl (C=O) groups is 1. The maximum absolute atomic E-state index is 12.4. The minimum atomic E-state index is -3.80. The molecule has 7 heteroatoms. The second-order valence-electron chi connectivity index (χ2n) is 6.60. The van der Waals surface area contributed by atoms with Gasteiger partial charge in [-0.15, -0.1) is 0 Å². The topological polar surface area (TPSA) is 75.3 Å². The van der Waals surface area contributed by atoms with Crippen LogP contribution in [0.2, 0.25) is 5.02 Å². The maximum Gasteiger partial charge on any atom is 0.251 e. The van der Waals surface area contributed by atoms with Crippen LogP contribution in [-0.2, 0) is 10.0 Å². The predicted octanol–water partition coefficient (Wildman–Crippen LogP) is 2.80. The predicted molar refractivity (Wildman–Crippen MR) is 88.7 cm³/mol. The van der Waals surface area contributed by atoms with Crippen LogP contribution in [0.15, 0.2) is 23.1 Å². The molecule has 0 spiro atoms. The molecular weight excluding hydrogens is 324 g/mol. The fourth-order valence-electron chi connectivity index (χ4n) is 1.71. The van der Waals surface area contributed by atoms with Gasteiger partial charge in [-0.25, -0.2) is 13.1 Å². The number of hydrogen-bond acceptors (Lipinski definition) is 3. The molecule has 0 aliphatic rings. The molecule has 1 aromatic rings. The normalized spacial score (nSPS) is 12.5. The lowest BCUT2D eigenvalue weighted by Crippen LogP contribution is -2.40. The van der Waals surface area contributed by atoms with Gasteiger partial charge in [-0.3, -0.25) is 4.79 Å². The van der Waals surface area contributed by atoms with Crippen LogP contribution in [-0.4, -0.2) is 26.4 Å². The third-order valence-electron chi connectivity index (χ3n) is 2.59. The average molecular weight is 347 g/mol. The van der Waals surface area contributed by atoms with Gasteiger partial charge in [-0.05, 0) is 44.9 Å². The first-order chi connectivity index (χ1) is 9.92. The van der Waals surface area contributed by atoms with Crippen LogP contribution in [0.25, 0.3) is 0 Å². The second kappa shape index (κ2) is 6.98. The Kier molecular flexibility index (Phi) is 6.01. The number of hydrogen-bond donors (Lipinski definition) is 2. The Morgan fingerprint density at radius 2 is 1.86 bits per heavy atom. The van der Waals surface area contributed by atoms with Crippen molar-refractivity contribution in [2.24, 2.45) is 5.92 Å². The van der Waals surface area contributed by atoms with Gasteiger partial charge in [0.2, 0.25) is 10.0 Å². The highest BCUT2D eigenvalue weighted by atomic mass is 35.5. The molecule has 0 saturated heterocycles.